The molecule has 0 amide bonds. The lowest BCUT2D eigenvalue weighted by Gasteiger charge is -2.30. The summed E-state index contributed by atoms with van der Waals surface area (Å²) in [5, 5.41) is 0.694. The number of hydrogen-bond donors (Lipinski definition) is 1. The maximum absolute atomic E-state index is 14.1. The van der Waals surface area contributed by atoms with Gasteiger partial charge < -0.3 is 10.6 Å². The van der Waals surface area contributed by atoms with Crippen LogP contribution in [-0.2, 0) is 0 Å². The van der Waals surface area contributed by atoms with E-state index in [4.69, 9.17) is 17.3 Å². The predicted molar refractivity (Wildman–Crippen MR) is 87.3 cm³/mol. The summed E-state index contributed by atoms with van der Waals surface area (Å²) in [6.07, 6.45) is 0. The lowest BCUT2D eigenvalue weighted by atomic mass is 10.0. The standard InChI is InChI=1S/C17H20ClFN2/c1-11(20)17-15(19)8-5-9-16(17)21(3)12(2)13-6-4-7-14(18)10-13/h4-12H,20H2,1-3H3/t11-,12?/m0/s1. The van der Waals surface area contributed by atoms with E-state index in [1.54, 1.807) is 13.0 Å². The van der Waals surface area contributed by atoms with Crippen LogP contribution in [-0.4, -0.2) is 7.05 Å². The van der Waals surface area contributed by atoms with Gasteiger partial charge >= 0.3 is 0 Å². The third-order valence-electron chi connectivity index (χ3n) is 3.78. The molecule has 0 aliphatic rings. The fourth-order valence-electron chi connectivity index (χ4n) is 2.48. The van der Waals surface area contributed by atoms with Gasteiger partial charge in [-0.05, 0) is 43.7 Å². The van der Waals surface area contributed by atoms with Gasteiger partial charge in [0, 0.05) is 29.4 Å². The van der Waals surface area contributed by atoms with E-state index in [9.17, 15) is 4.39 Å². The van der Waals surface area contributed by atoms with E-state index < -0.39 is 0 Å². The highest BCUT2D eigenvalue weighted by atomic mass is 35.5. The number of halogens is 2. The minimum absolute atomic E-state index is 0.0583. The Morgan fingerprint density at radius 3 is 2.43 bits per heavy atom. The lowest BCUT2D eigenvalue weighted by Crippen LogP contribution is -2.24. The van der Waals surface area contributed by atoms with E-state index in [0.717, 1.165) is 11.3 Å². The molecule has 0 spiro atoms. The van der Waals surface area contributed by atoms with Gasteiger partial charge in [0.05, 0.1) is 6.04 Å². The van der Waals surface area contributed by atoms with Crippen molar-refractivity contribution in [3.05, 3.63) is 64.4 Å². The molecule has 2 N–H and O–H groups in total. The Labute approximate surface area is 130 Å². The van der Waals surface area contributed by atoms with Gasteiger partial charge in [-0.25, -0.2) is 4.39 Å². The van der Waals surface area contributed by atoms with Crippen molar-refractivity contribution in [1.29, 1.82) is 0 Å². The summed E-state index contributed by atoms with van der Waals surface area (Å²) in [6, 6.07) is 12.4. The zero-order valence-corrected chi connectivity index (χ0v) is 13.2. The van der Waals surface area contributed by atoms with Crippen LogP contribution in [0, 0.1) is 5.82 Å². The molecule has 2 rings (SSSR count). The predicted octanol–water partition coefficient (Wildman–Crippen LogP) is 4.70. The van der Waals surface area contributed by atoms with E-state index in [-0.39, 0.29) is 17.9 Å². The third kappa shape index (κ3) is 3.36. The first-order valence-electron chi connectivity index (χ1n) is 6.94. The monoisotopic (exact) mass is 306 g/mol. The second-order valence-corrected chi connectivity index (χ2v) is 5.74. The van der Waals surface area contributed by atoms with E-state index in [2.05, 4.69) is 6.92 Å². The normalized spacial score (nSPS) is 13.8. The number of benzene rings is 2. The molecule has 0 aliphatic carbocycles. The molecule has 4 heteroatoms. The van der Waals surface area contributed by atoms with Crippen LogP contribution in [0.3, 0.4) is 0 Å². The fraction of sp³-hybridized carbons (Fsp3) is 0.294. The molecule has 112 valence electrons. The van der Waals surface area contributed by atoms with Crippen LogP contribution >= 0.6 is 11.6 Å². The van der Waals surface area contributed by atoms with Gasteiger partial charge in [-0.1, -0.05) is 29.8 Å². The van der Waals surface area contributed by atoms with Gasteiger partial charge in [0.25, 0.3) is 0 Å². The van der Waals surface area contributed by atoms with Gasteiger partial charge in [-0.2, -0.15) is 0 Å². The maximum Gasteiger partial charge on any atom is 0.130 e. The molecule has 21 heavy (non-hydrogen) atoms. The summed E-state index contributed by atoms with van der Waals surface area (Å²) in [6.45, 7) is 3.85. The summed E-state index contributed by atoms with van der Waals surface area (Å²) < 4.78 is 14.1. The Hall–Kier alpha value is -1.58. The van der Waals surface area contributed by atoms with Gasteiger partial charge in [-0.3, -0.25) is 0 Å². The minimum atomic E-state index is -0.366. The van der Waals surface area contributed by atoms with E-state index in [1.165, 1.54) is 6.07 Å². The molecule has 0 heterocycles. The Morgan fingerprint density at radius 1 is 1.14 bits per heavy atom. The quantitative estimate of drug-likeness (QED) is 0.887. The third-order valence-corrected chi connectivity index (χ3v) is 4.01. The van der Waals surface area contributed by atoms with Crippen molar-refractivity contribution in [2.75, 3.05) is 11.9 Å². The summed E-state index contributed by atoms with van der Waals surface area (Å²) in [5.41, 5.74) is 8.34. The molecule has 0 radical (unpaired) electrons. The van der Waals surface area contributed by atoms with Crippen molar-refractivity contribution < 1.29 is 4.39 Å². The minimum Gasteiger partial charge on any atom is -0.367 e. The zero-order chi connectivity index (χ0) is 15.6. The molecular formula is C17H20ClFN2. The molecule has 0 bridgehead atoms. The van der Waals surface area contributed by atoms with Crippen LogP contribution in [0.15, 0.2) is 42.5 Å². The molecule has 0 aromatic heterocycles. The van der Waals surface area contributed by atoms with Crippen molar-refractivity contribution >= 4 is 17.3 Å². The van der Waals surface area contributed by atoms with Gasteiger partial charge in [-0.15, -0.1) is 0 Å². The Balaban J connectivity index is 2.40. The molecular weight excluding hydrogens is 287 g/mol. The van der Waals surface area contributed by atoms with Gasteiger partial charge in [0.2, 0.25) is 0 Å². The molecule has 0 fully saturated rings. The molecule has 0 saturated carbocycles. The maximum atomic E-state index is 14.1. The topological polar surface area (TPSA) is 29.3 Å². The number of anilines is 1. The van der Waals surface area contributed by atoms with Crippen LogP contribution in [0.1, 0.15) is 37.1 Å². The Kier molecular flexibility index (Phi) is 4.86. The van der Waals surface area contributed by atoms with Crippen molar-refractivity contribution in [3.8, 4) is 0 Å². The SMILES string of the molecule is CC(c1cccc(Cl)c1)N(C)c1cccc(F)c1[C@H](C)N. The van der Waals surface area contributed by atoms with Crippen molar-refractivity contribution in [2.24, 2.45) is 5.73 Å². The Bertz CT molecular complexity index is 628. The van der Waals surface area contributed by atoms with Crippen LogP contribution in [0.5, 0.6) is 0 Å². The average Bonchev–Trinajstić information content (AvgIpc) is 2.45. The van der Waals surface area contributed by atoms with Crippen molar-refractivity contribution in [3.63, 3.8) is 0 Å². The summed E-state index contributed by atoms with van der Waals surface area (Å²) in [5.74, 6) is -0.271. The smallest absolute Gasteiger partial charge is 0.130 e. The number of rotatable bonds is 4. The largest absolute Gasteiger partial charge is 0.367 e. The highest BCUT2D eigenvalue weighted by Crippen LogP contribution is 2.32. The van der Waals surface area contributed by atoms with E-state index in [0.29, 0.717) is 10.6 Å². The fourth-order valence-corrected chi connectivity index (χ4v) is 2.68. The highest BCUT2D eigenvalue weighted by Gasteiger charge is 2.19. The molecule has 1 unspecified atom stereocenters. The van der Waals surface area contributed by atoms with Gasteiger partial charge in [0.15, 0.2) is 0 Å². The second-order valence-electron chi connectivity index (χ2n) is 5.30. The van der Waals surface area contributed by atoms with Crippen LogP contribution in [0.4, 0.5) is 10.1 Å². The summed E-state index contributed by atoms with van der Waals surface area (Å²) >= 11 is 6.05. The van der Waals surface area contributed by atoms with Crippen molar-refractivity contribution in [1.82, 2.24) is 0 Å². The average molecular weight is 307 g/mol. The first-order valence-corrected chi connectivity index (χ1v) is 7.32. The molecule has 2 aromatic carbocycles. The van der Waals surface area contributed by atoms with Crippen LogP contribution in [0.2, 0.25) is 5.02 Å². The first-order chi connectivity index (χ1) is 9.91. The highest BCUT2D eigenvalue weighted by molar-refractivity contribution is 6.30. The first kappa shape index (κ1) is 15.8. The molecule has 2 atom stereocenters. The van der Waals surface area contributed by atoms with Gasteiger partial charge in [0.1, 0.15) is 5.82 Å². The molecule has 2 nitrogen and oxygen atoms in total. The lowest BCUT2D eigenvalue weighted by molar-refractivity contribution is 0.590. The molecule has 0 saturated heterocycles. The second kappa shape index (κ2) is 6.46. The summed E-state index contributed by atoms with van der Waals surface area (Å²) in [7, 11) is 1.94. The van der Waals surface area contributed by atoms with Crippen molar-refractivity contribution in [2.45, 2.75) is 25.9 Å². The molecule has 2 aromatic rings. The van der Waals surface area contributed by atoms with Crippen LogP contribution < -0.4 is 10.6 Å². The Morgan fingerprint density at radius 2 is 1.81 bits per heavy atom. The summed E-state index contributed by atoms with van der Waals surface area (Å²) in [4.78, 5) is 2.02. The zero-order valence-electron chi connectivity index (χ0n) is 12.5. The van der Waals surface area contributed by atoms with Crippen LogP contribution in [0.25, 0.3) is 0 Å². The number of hydrogen-bond acceptors (Lipinski definition) is 2. The number of nitrogens with two attached hydrogens (primary N) is 1. The molecule has 0 aliphatic heterocycles. The van der Waals surface area contributed by atoms with E-state index in [1.807, 2.05) is 42.3 Å². The number of nitrogens with zero attached hydrogens (tertiary/aromatic N) is 1. The van der Waals surface area contributed by atoms with E-state index >= 15 is 0 Å².